The number of nitrogens with zero attached hydrogens (tertiary/aromatic N) is 1. The van der Waals surface area contributed by atoms with Gasteiger partial charge in [0.25, 0.3) is 0 Å². The number of benzene rings is 1. The van der Waals surface area contributed by atoms with E-state index in [1.54, 1.807) is 11.0 Å². The van der Waals surface area contributed by atoms with Crippen LogP contribution in [0.3, 0.4) is 0 Å². The maximum absolute atomic E-state index is 14.1. The second-order valence-electron chi connectivity index (χ2n) is 5.37. The third-order valence-corrected chi connectivity index (χ3v) is 3.89. The molecule has 1 fully saturated rings. The summed E-state index contributed by atoms with van der Waals surface area (Å²) in [6.45, 7) is 3.84. The highest BCUT2D eigenvalue weighted by molar-refractivity contribution is 5.49. The highest BCUT2D eigenvalue weighted by Gasteiger charge is 2.41. The van der Waals surface area contributed by atoms with E-state index in [1.807, 2.05) is 13.0 Å². The molecule has 1 heterocycles. The molecule has 0 atom stereocenters. The van der Waals surface area contributed by atoms with Crippen molar-refractivity contribution in [3.05, 3.63) is 29.6 Å². The molecule has 1 saturated heterocycles. The fourth-order valence-corrected chi connectivity index (χ4v) is 2.63. The van der Waals surface area contributed by atoms with E-state index in [0.717, 1.165) is 12.1 Å². The van der Waals surface area contributed by atoms with Crippen LogP contribution in [0.5, 0.6) is 0 Å². The molecule has 1 aromatic rings. The van der Waals surface area contributed by atoms with Gasteiger partial charge in [0.2, 0.25) is 0 Å². The first-order chi connectivity index (χ1) is 9.91. The lowest BCUT2D eigenvalue weighted by atomic mass is 9.96. The van der Waals surface area contributed by atoms with Crippen molar-refractivity contribution in [2.24, 2.45) is 5.92 Å². The van der Waals surface area contributed by atoms with Gasteiger partial charge < -0.3 is 10.2 Å². The van der Waals surface area contributed by atoms with E-state index in [2.05, 4.69) is 5.32 Å². The Morgan fingerprint density at radius 1 is 1.24 bits per heavy atom. The molecule has 21 heavy (non-hydrogen) atoms. The standard InChI is InChI=1S/C15H20F4N2/c1-2-20-10-11-3-4-14(13(16)9-11)21-7-5-12(6-8-21)15(17,18)19/h3-4,9,12,20H,2,5-8,10H2,1H3. The minimum atomic E-state index is -4.14. The normalized spacial score (nSPS) is 17.3. The van der Waals surface area contributed by atoms with Gasteiger partial charge in [0.15, 0.2) is 0 Å². The molecule has 0 aromatic heterocycles. The summed E-state index contributed by atoms with van der Waals surface area (Å²) in [6.07, 6.45) is -4.08. The van der Waals surface area contributed by atoms with Crippen LogP contribution in [0.4, 0.5) is 23.2 Å². The van der Waals surface area contributed by atoms with E-state index < -0.39 is 12.1 Å². The summed E-state index contributed by atoms with van der Waals surface area (Å²) in [7, 11) is 0. The van der Waals surface area contributed by atoms with Gasteiger partial charge in [-0.1, -0.05) is 13.0 Å². The molecule has 6 heteroatoms. The first-order valence-electron chi connectivity index (χ1n) is 7.22. The number of piperidine rings is 1. The summed E-state index contributed by atoms with van der Waals surface area (Å²) in [5.74, 6) is -1.62. The topological polar surface area (TPSA) is 15.3 Å². The van der Waals surface area contributed by atoms with E-state index in [4.69, 9.17) is 0 Å². The molecule has 0 aliphatic carbocycles. The number of halogens is 4. The molecular weight excluding hydrogens is 284 g/mol. The monoisotopic (exact) mass is 304 g/mol. The Balaban J connectivity index is 2.00. The Morgan fingerprint density at radius 3 is 2.43 bits per heavy atom. The summed E-state index contributed by atoms with van der Waals surface area (Å²) >= 11 is 0. The van der Waals surface area contributed by atoms with Gasteiger partial charge in [-0.2, -0.15) is 13.2 Å². The highest BCUT2D eigenvalue weighted by Crippen LogP contribution is 2.35. The molecule has 2 rings (SSSR count). The predicted molar refractivity (Wildman–Crippen MR) is 74.8 cm³/mol. The van der Waals surface area contributed by atoms with Crippen molar-refractivity contribution < 1.29 is 17.6 Å². The van der Waals surface area contributed by atoms with E-state index in [-0.39, 0.29) is 31.7 Å². The maximum atomic E-state index is 14.1. The largest absolute Gasteiger partial charge is 0.391 e. The van der Waals surface area contributed by atoms with Crippen LogP contribution in [0, 0.1) is 11.7 Å². The van der Waals surface area contributed by atoms with E-state index >= 15 is 0 Å². The van der Waals surface area contributed by atoms with Gasteiger partial charge in [0.1, 0.15) is 5.82 Å². The van der Waals surface area contributed by atoms with Crippen molar-refractivity contribution in [2.75, 3.05) is 24.5 Å². The van der Waals surface area contributed by atoms with Crippen molar-refractivity contribution in [3.63, 3.8) is 0 Å². The van der Waals surface area contributed by atoms with Crippen LogP contribution in [0.2, 0.25) is 0 Å². The molecule has 1 aliphatic heterocycles. The molecule has 0 unspecified atom stereocenters. The number of nitrogens with one attached hydrogen (secondary N) is 1. The van der Waals surface area contributed by atoms with Crippen molar-refractivity contribution >= 4 is 5.69 Å². The molecule has 1 aliphatic rings. The molecule has 118 valence electrons. The van der Waals surface area contributed by atoms with Crippen molar-refractivity contribution in [2.45, 2.75) is 32.5 Å². The predicted octanol–water partition coefficient (Wildman–Crippen LogP) is 3.71. The van der Waals surface area contributed by atoms with E-state index in [9.17, 15) is 17.6 Å². The minimum absolute atomic E-state index is 0.0298. The van der Waals surface area contributed by atoms with Gasteiger partial charge in [-0.3, -0.25) is 0 Å². The fraction of sp³-hybridized carbons (Fsp3) is 0.600. The summed E-state index contributed by atoms with van der Waals surface area (Å²) in [5.41, 5.74) is 1.24. The number of hydrogen-bond acceptors (Lipinski definition) is 2. The Bertz CT molecular complexity index is 465. The Labute approximate surface area is 122 Å². The number of anilines is 1. The second kappa shape index (κ2) is 6.64. The zero-order valence-electron chi connectivity index (χ0n) is 12.0. The van der Waals surface area contributed by atoms with Gasteiger partial charge in [0.05, 0.1) is 11.6 Å². The first kappa shape index (κ1) is 16.1. The molecule has 1 aromatic carbocycles. The first-order valence-corrected chi connectivity index (χ1v) is 7.22. The summed E-state index contributed by atoms with van der Waals surface area (Å²) < 4.78 is 52.0. The smallest absolute Gasteiger partial charge is 0.369 e. The SMILES string of the molecule is CCNCc1ccc(N2CCC(C(F)(F)F)CC2)c(F)c1. The van der Waals surface area contributed by atoms with Crippen LogP contribution < -0.4 is 10.2 Å². The van der Waals surface area contributed by atoms with Crippen LogP contribution >= 0.6 is 0 Å². The van der Waals surface area contributed by atoms with E-state index in [1.165, 1.54) is 6.07 Å². The lowest BCUT2D eigenvalue weighted by Crippen LogP contribution is -2.39. The number of alkyl halides is 3. The van der Waals surface area contributed by atoms with Crippen LogP contribution in [-0.2, 0) is 6.54 Å². The zero-order valence-corrected chi connectivity index (χ0v) is 12.0. The van der Waals surface area contributed by atoms with Gasteiger partial charge in [-0.05, 0) is 37.1 Å². The van der Waals surface area contributed by atoms with Crippen LogP contribution in [0.1, 0.15) is 25.3 Å². The quantitative estimate of drug-likeness (QED) is 0.853. The van der Waals surface area contributed by atoms with Crippen LogP contribution in [0.25, 0.3) is 0 Å². The molecule has 2 nitrogen and oxygen atoms in total. The van der Waals surface area contributed by atoms with Gasteiger partial charge in [-0.25, -0.2) is 4.39 Å². The molecule has 0 bridgehead atoms. The summed E-state index contributed by atoms with van der Waals surface area (Å²) in [5, 5.41) is 3.11. The van der Waals surface area contributed by atoms with Crippen molar-refractivity contribution in [1.82, 2.24) is 5.32 Å². The van der Waals surface area contributed by atoms with Gasteiger partial charge in [0, 0.05) is 19.6 Å². The van der Waals surface area contributed by atoms with Crippen LogP contribution in [0.15, 0.2) is 18.2 Å². The molecule has 0 spiro atoms. The number of hydrogen-bond donors (Lipinski definition) is 1. The van der Waals surface area contributed by atoms with E-state index in [0.29, 0.717) is 12.2 Å². The van der Waals surface area contributed by atoms with Crippen molar-refractivity contribution in [1.29, 1.82) is 0 Å². The van der Waals surface area contributed by atoms with Crippen LogP contribution in [-0.4, -0.2) is 25.8 Å². The molecule has 0 amide bonds. The lowest BCUT2D eigenvalue weighted by molar-refractivity contribution is -0.179. The maximum Gasteiger partial charge on any atom is 0.391 e. The second-order valence-corrected chi connectivity index (χ2v) is 5.37. The Kier molecular flexibility index (Phi) is 5.08. The van der Waals surface area contributed by atoms with Crippen molar-refractivity contribution in [3.8, 4) is 0 Å². The lowest BCUT2D eigenvalue weighted by Gasteiger charge is -2.34. The Morgan fingerprint density at radius 2 is 1.90 bits per heavy atom. The third kappa shape index (κ3) is 4.09. The average molecular weight is 304 g/mol. The molecular formula is C15H20F4N2. The fourth-order valence-electron chi connectivity index (χ4n) is 2.63. The third-order valence-electron chi connectivity index (χ3n) is 3.89. The molecule has 0 radical (unpaired) electrons. The minimum Gasteiger partial charge on any atom is -0.369 e. The zero-order chi connectivity index (χ0) is 15.5. The number of rotatable bonds is 4. The summed E-state index contributed by atoms with van der Waals surface area (Å²) in [6, 6.07) is 4.93. The molecule has 1 N–H and O–H groups in total. The Hall–Kier alpha value is -1.30. The highest BCUT2D eigenvalue weighted by atomic mass is 19.4. The van der Waals surface area contributed by atoms with Gasteiger partial charge >= 0.3 is 6.18 Å². The van der Waals surface area contributed by atoms with Gasteiger partial charge in [-0.15, -0.1) is 0 Å². The summed E-state index contributed by atoms with van der Waals surface area (Å²) in [4.78, 5) is 1.70. The average Bonchev–Trinajstić information content (AvgIpc) is 2.44. The molecule has 0 saturated carbocycles.